The minimum atomic E-state index is 0.560. The zero-order valence-corrected chi connectivity index (χ0v) is 16.0. The van der Waals surface area contributed by atoms with Crippen molar-refractivity contribution >= 4 is 11.8 Å². The first kappa shape index (κ1) is 16.9. The van der Waals surface area contributed by atoms with Crippen LogP contribution in [0.3, 0.4) is 0 Å². The predicted octanol–water partition coefficient (Wildman–Crippen LogP) is 3.05. The number of aryl methyl sites for hydroxylation is 2. The van der Waals surface area contributed by atoms with Gasteiger partial charge < -0.3 is 10.3 Å². The van der Waals surface area contributed by atoms with E-state index < -0.39 is 0 Å². The molecule has 0 saturated carbocycles. The molecule has 0 aliphatic heterocycles. The minimum Gasteiger partial charge on any atom is -0.469 e. The molecular formula is C19H17N7OS. The van der Waals surface area contributed by atoms with Crippen LogP contribution in [0.15, 0.2) is 51.3 Å². The molecule has 28 heavy (non-hydrogen) atoms. The van der Waals surface area contributed by atoms with Gasteiger partial charge in [-0.15, -0.1) is 10.2 Å². The molecule has 9 heteroatoms. The molecule has 0 spiro atoms. The van der Waals surface area contributed by atoms with Gasteiger partial charge in [-0.1, -0.05) is 6.07 Å². The van der Waals surface area contributed by atoms with Gasteiger partial charge in [0, 0.05) is 17.5 Å². The molecule has 0 aromatic carbocycles. The molecule has 0 amide bonds. The first-order chi connectivity index (χ1) is 13.7. The zero-order chi connectivity index (χ0) is 19.1. The quantitative estimate of drug-likeness (QED) is 0.418. The Morgan fingerprint density at radius 3 is 2.86 bits per heavy atom. The molecule has 4 heterocycles. The third-order valence-corrected chi connectivity index (χ3v) is 5.73. The van der Waals surface area contributed by atoms with Gasteiger partial charge in [-0.3, -0.25) is 4.98 Å². The number of hydrogen-bond acceptors (Lipinski definition) is 8. The number of pyridine rings is 1. The highest BCUT2D eigenvalue weighted by molar-refractivity contribution is 7.99. The van der Waals surface area contributed by atoms with Crippen molar-refractivity contribution in [3.8, 4) is 22.9 Å². The molecule has 2 N–H and O–H groups in total. The van der Waals surface area contributed by atoms with Crippen LogP contribution in [0, 0.1) is 6.92 Å². The standard InChI is InChI=1S/C19H17N7OS/c1-11-12(8-10-27-11)17-24-25-19(26(17)20)28-18-13-5-4-7-14(13)22-16(23-18)15-6-2-3-9-21-15/h2-3,6,8-10H,4-5,7,20H2,1H3. The Morgan fingerprint density at radius 2 is 2.07 bits per heavy atom. The predicted molar refractivity (Wildman–Crippen MR) is 104 cm³/mol. The van der Waals surface area contributed by atoms with Gasteiger partial charge in [-0.25, -0.2) is 14.6 Å². The fourth-order valence-electron chi connectivity index (χ4n) is 3.33. The van der Waals surface area contributed by atoms with Gasteiger partial charge in [0.1, 0.15) is 16.5 Å². The summed E-state index contributed by atoms with van der Waals surface area (Å²) in [4.78, 5) is 13.9. The van der Waals surface area contributed by atoms with Crippen LogP contribution in [0.5, 0.6) is 0 Å². The van der Waals surface area contributed by atoms with Gasteiger partial charge in [0.05, 0.1) is 11.8 Å². The van der Waals surface area contributed by atoms with Crippen molar-refractivity contribution in [2.24, 2.45) is 0 Å². The number of furan rings is 1. The van der Waals surface area contributed by atoms with Gasteiger partial charge in [-0.05, 0) is 56.1 Å². The van der Waals surface area contributed by atoms with Gasteiger partial charge in [0.15, 0.2) is 11.6 Å². The molecule has 0 unspecified atom stereocenters. The highest BCUT2D eigenvalue weighted by Crippen LogP contribution is 2.35. The van der Waals surface area contributed by atoms with Crippen LogP contribution in [0.2, 0.25) is 0 Å². The molecule has 1 aliphatic rings. The minimum absolute atomic E-state index is 0.560. The maximum atomic E-state index is 6.28. The van der Waals surface area contributed by atoms with Crippen molar-refractivity contribution < 1.29 is 4.42 Å². The summed E-state index contributed by atoms with van der Waals surface area (Å²) in [5, 5.41) is 9.93. The van der Waals surface area contributed by atoms with Crippen LogP contribution < -0.4 is 5.84 Å². The lowest BCUT2D eigenvalue weighted by molar-refractivity contribution is 0.535. The maximum absolute atomic E-state index is 6.28. The van der Waals surface area contributed by atoms with Crippen molar-refractivity contribution in [3.05, 3.63) is 53.7 Å². The Labute approximate surface area is 165 Å². The Bertz CT molecular complexity index is 1150. The first-order valence-electron chi connectivity index (χ1n) is 8.94. The number of hydrogen-bond donors (Lipinski definition) is 1. The monoisotopic (exact) mass is 391 g/mol. The maximum Gasteiger partial charge on any atom is 0.216 e. The summed E-state index contributed by atoms with van der Waals surface area (Å²) >= 11 is 1.41. The highest BCUT2D eigenvalue weighted by Gasteiger charge is 2.23. The molecule has 0 radical (unpaired) electrons. The van der Waals surface area contributed by atoms with Gasteiger partial charge in [0.2, 0.25) is 5.16 Å². The zero-order valence-electron chi connectivity index (χ0n) is 15.2. The van der Waals surface area contributed by atoms with Crippen LogP contribution in [0.4, 0.5) is 0 Å². The molecule has 4 aromatic rings. The number of rotatable bonds is 4. The second-order valence-corrected chi connectivity index (χ2v) is 7.47. The van der Waals surface area contributed by atoms with Crippen molar-refractivity contribution in [2.75, 3.05) is 5.84 Å². The SMILES string of the molecule is Cc1occc1-c1nnc(Sc2nc(-c3ccccn3)nc3c2CCC3)n1N. The average molecular weight is 391 g/mol. The molecule has 140 valence electrons. The van der Waals surface area contributed by atoms with Crippen molar-refractivity contribution in [1.82, 2.24) is 29.8 Å². The van der Waals surface area contributed by atoms with E-state index in [9.17, 15) is 0 Å². The van der Waals surface area contributed by atoms with E-state index in [1.165, 1.54) is 16.4 Å². The summed E-state index contributed by atoms with van der Waals surface area (Å²) in [5.41, 5.74) is 3.81. The second kappa shape index (κ2) is 6.75. The number of nitrogen functional groups attached to an aromatic ring is 1. The van der Waals surface area contributed by atoms with E-state index in [0.717, 1.165) is 52.6 Å². The van der Waals surface area contributed by atoms with Gasteiger partial charge >= 0.3 is 0 Å². The Hall–Kier alpha value is -3.20. The van der Waals surface area contributed by atoms with Crippen LogP contribution >= 0.6 is 11.8 Å². The topological polar surface area (TPSA) is 109 Å². The Balaban J connectivity index is 1.55. The van der Waals surface area contributed by atoms with Gasteiger partial charge in [0.25, 0.3) is 0 Å². The number of aromatic nitrogens is 6. The van der Waals surface area contributed by atoms with E-state index >= 15 is 0 Å². The summed E-state index contributed by atoms with van der Waals surface area (Å²) in [5.74, 6) is 8.21. The fourth-order valence-corrected chi connectivity index (χ4v) is 4.24. The van der Waals surface area contributed by atoms with Crippen LogP contribution in [-0.2, 0) is 12.8 Å². The molecular weight excluding hydrogens is 374 g/mol. The lowest BCUT2D eigenvalue weighted by atomic mass is 10.2. The van der Waals surface area contributed by atoms with E-state index in [-0.39, 0.29) is 0 Å². The molecule has 0 bridgehead atoms. The van der Waals surface area contributed by atoms with E-state index in [0.29, 0.717) is 16.8 Å². The van der Waals surface area contributed by atoms with E-state index in [1.807, 2.05) is 31.2 Å². The average Bonchev–Trinajstić information content (AvgIpc) is 3.44. The first-order valence-corrected chi connectivity index (χ1v) is 9.76. The van der Waals surface area contributed by atoms with Crippen molar-refractivity contribution in [2.45, 2.75) is 36.4 Å². The molecule has 0 saturated heterocycles. The van der Waals surface area contributed by atoms with E-state index in [1.54, 1.807) is 12.5 Å². The second-order valence-electron chi connectivity index (χ2n) is 6.51. The smallest absolute Gasteiger partial charge is 0.216 e. The third-order valence-electron chi connectivity index (χ3n) is 4.74. The normalized spacial score (nSPS) is 13.0. The molecule has 0 atom stereocenters. The summed E-state index contributed by atoms with van der Waals surface area (Å²) in [7, 11) is 0. The molecule has 8 nitrogen and oxygen atoms in total. The lowest BCUT2D eigenvalue weighted by Gasteiger charge is -2.09. The van der Waals surface area contributed by atoms with Crippen molar-refractivity contribution in [3.63, 3.8) is 0 Å². The van der Waals surface area contributed by atoms with E-state index in [2.05, 4.69) is 15.2 Å². The van der Waals surface area contributed by atoms with Crippen molar-refractivity contribution in [1.29, 1.82) is 0 Å². The molecule has 5 rings (SSSR count). The summed E-state index contributed by atoms with van der Waals surface area (Å²) in [6, 6.07) is 7.56. The number of nitrogens with zero attached hydrogens (tertiary/aromatic N) is 6. The van der Waals surface area contributed by atoms with Gasteiger partial charge in [-0.2, -0.15) is 0 Å². The molecule has 0 fully saturated rings. The Kier molecular flexibility index (Phi) is 4.09. The summed E-state index contributed by atoms with van der Waals surface area (Å²) < 4.78 is 6.83. The summed E-state index contributed by atoms with van der Waals surface area (Å²) in [6.45, 7) is 1.87. The Morgan fingerprint density at radius 1 is 1.14 bits per heavy atom. The number of fused-ring (bicyclic) bond motifs is 1. The van der Waals surface area contributed by atoms with Crippen LogP contribution in [-0.4, -0.2) is 29.8 Å². The third kappa shape index (κ3) is 2.84. The number of nitrogens with two attached hydrogens (primary N) is 1. The van der Waals surface area contributed by atoms with E-state index in [4.69, 9.17) is 20.2 Å². The molecule has 1 aliphatic carbocycles. The largest absolute Gasteiger partial charge is 0.469 e. The summed E-state index contributed by atoms with van der Waals surface area (Å²) in [6.07, 6.45) is 6.32. The lowest BCUT2D eigenvalue weighted by Crippen LogP contribution is -2.12. The molecule has 4 aromatic heterocycles. The van der Waals surface area contributed by atoms with Crippen LogP contribution in [0.25, 0.3) is 22.9 Å². The fraction of sp³-hybridized carbons (Fsp3) is 0.211. The van der Waals surface area contributed by atoms with Crippen LogP contribution in [0.1, 0.15) is 23.4 Å². The highest BCUT2D eigenvalue weighted by atomic mass is 32.2.